The van der Waals surface area contributed by atoms with Gasteiger partial charge in [-0.2, -0.15) is 0 Å². The third-order valence-electron chi connectivity index (χ3n) is 4.08. The van der Waals surface area contributed by atoms with Crippen LogP contribution in [0.2, 0.25) is 0 Å². The van der Waals surface area contributed by atoms with Crippen LogP contribution in [0.15, 0.2) is 18.2 Å². The number of aryl methyl sites for hydroxylation is 1. The molecule has 1 aromatic rings. The van der Waals surface area contributed by atoms with Crippen LogP contribution in [0.4, 0.5) is 5.69 Å². The molecule has 2 heterocycles. The fraction of sp³-hybridized carbons (Fsp3) is 0.571. The van der Waals surface area contributed by atoms with Gasteiger partial charge in [-0.25, -0.2) is 0 Å². The lowest BCUT2D eigenvalue weighted by Gasteiger charge is -2.47. The van der Waals surface area contributed by atoms with Crippen molar-refractivity contribution in [2.45, 2.75) is 13.5 Å². The molecule has 0 amide bonds. The molecule has 17 heavy (non-hydrogen) atoms. The summed E-state index contributed by atoms with van der Waals surface area (Å²) in [6.07, 6.45) is 0. The number of hydrogen-bond donors (Lipinski definition) is 0. The highest BCUT2D eigenvalue weighted by Crippen LogP contribution is 2.32. The molecule has 3 rings (SSSR count). The molecule has 1 aromatic carbocycles. The molecule has 1 spiro atoms. The van der Waals surface area contributed by atoms with Gasteiger partial charge in [-0.05, 0) is 19.1 Å². The number of rotatable bonds is 0. The second kappa shape index (κ2) is 4.00. The molecule has 2 aliphatic rings. The van der Waals surface area contributed by atoms with E-state index in [0.29, 0.717) is 0 Å². The van der Waals surface area contributed by atoms with Crippen LogP contribution in [-0.4, -0.2) is 44.5 Å². The highest BCUT2D eigenvalue weighted by atomic mass is 16.5. The van der Waals surface area contributed by atoms with E-state index in [9.17, 15) is 0 Å². The number of nitrogens with zero attached hydrogens (tertiary/aromatic N) is 2. The third kappa shape index (κ3) is 1.94. The van der Waals surface area contributed by atoms with E-state index in [0.717, 1.165) is 33.0 Å². The zero-order valence-electron chi connectivity index (χ0n) is 10.8. The Kier molecular flexibility index (Phi) is 2.60. The molecule has 0 aromatic heterocycles. The van der Waals surface area contributed by atoms with Gasteiger partial charge in [-0.1, -0.05) is 11.6 Å². The molecule has 1 saturated heterocycles. The van der Waals surface area contributed by atoms with Gasteiger partial charge in [0.25, 0.3) is 0 Å². The van der Waals surface area contributed by atoms with Gasteiger partial charge in [-0.3, -0.25) is 4.48 Å². The molecule has 3 heteroatoms. The molecule has 2 aliphatic heterocycles. The Morgan fingerprint density at radius 3 is 2.76 bits per heavy atom. The molecule has 92 valence electrons. The van der Waals surface area contributed by atoms with Gasteiger partial charge >= 0.3 is 0 Å². The molecular formula is C14H21N2O+. The number of benzene rings is 1. The quantitative estimate of drug-likeness (QED) is 0.633. The van der Waals surface area contributed by atoms with Crippen molar-refractivity contribution in [1.82, 2.24) is 0 Å². The predicted molar refractivity (Wildman–Crippen MR) is 69.0 cm³/mol. The summed E-state index contributed by atoms with van der Waals surface area (Å²) in [6.45, 7) is 8.60. The summed E-state index contributed by atoms with van der Waals surface area (Å²) in [6, 6.07) is 6.82. The summed E-state index contributed by atoms with van der Waals surface area (Å²) < 4.78 is 6.68. The Morgan fingerprint density at radius 1 is 1.24 bits per heavy atom. The minimum Gasteiger partial charge on any atom is -0.370 e. The van der Waals surface area contributed by atoms with E-state index in [4.69, 9.17) is 4.74 Å². The first kappa shape index (κ1) is 11.1. The van der Waals surface area contributed by atoms with E-state index in [-0.39, 0.29) is 0 Å². The molecule has 0 unspecified atom stereocenters. The largest absolute Gasteiger partial charge is 0.370 e. The van der Waals surface area contributed by atoms with E-state index < -0.39 is 0 Å². The lowest BCUT2D eigenvalue weighted by molar-refractivity contribution is -0.948. The number of fused-ring (bicyclic) bond motifs is 1. The Balaban J connectivity index is 1.95. The van der Waals surface area contributed by atoms with Crippen LogP contribution in [0, 0.1) is 6.92 Å². The zero-order chi connectivity index (χ0) is 11.9. The first-order chi connectivity index (χ1) is 8.19. The van der Waals surface area contributed by atoms with Crippen molar-refractivity contribution in [2.24, 2.45) is 0 Å². The fourth-order valence-electron chi connectivity index (χ4n) is 3.18. The molecule has 0 aliphatic carbocycles. The lowest BCUT2D eigenvalue weighted by atomic mass is 10.0. The second-order valence-corrected chi connectivity index (χ2v) is 5.53. The zero-order valence-corrected chi connectivity index (χ0v) is 10.8. The van der Waals surface area contributed by atoms with Crippen LogP contribution in [0.25, 0.3) is 0 Å². The Bertz CT molecular complexity index is 424. The van der Waals surface area contributed by atoms with Crippen LogP contribution in [0.1, 0.15) is 11.1 Å². The molecule has 0 radical (unpaired) electrons. The molecule has 0 N–H and O–H groups in total. The van der Waals surface area contributed by atoms with E-state index in [1.165, 1.54) is 27.8 Å². The van der Waals surface area contributed by atoms with Gasteiger partial charge in [0.15, 0.2) is 6.67 Å². The Hall–Kier alpha value is -1.06. The van der Waals surface area contributed by atoms with E-state index in [1.807, 2.05) is 0 Å². The van der Waals surface area contributed by atoms with Crippen molar-refractivity contribution in [1.29, 1.82) is 0 Å². The third-order valence-corrected chi connectivity index (χ3v) is 4.08. The van der Waals surface area contributed by atoms with E-state index >= 15 is 0 Å². The molecule has 0 atom stereocenters. The van der Waals surface area contributed by atoms with Gasteiger partial charge in [-0.15, -0.1) is 0 Å². The SMILES string of the molecule is Cc1ccc2c(c1)C[N+]1(CCOCC1)CN2C. The summed E-state index contributed by atoms with van der Waals surface area (Å²) in [7, 11) is 2.21. The number of quaternary nitrogens is 1. The van der Waals surface area contributed by atoms with Gasteiger partial charge < -0.3 is 9.64 Å². The number of anilines is 1. The standard InChI is InChI=1S/C14H21N2O/c1-12-3-4-14-13(9-12)10-16(11-15(14)2)5-7-17-8-6-16/h3-4,9H,5-8,10-11H2,1-2H3/q+1. The summed E-state index contributed by atoms with van der Waals surface area (Å²) in [5.74, 6) is 0. The molecule has 3 nitrogen and oxygen atoms in total. The van der Waals surface area contributed by atoms with Crippen LogP contribution in [0.5, 0.6) is 0 Å². The Morgan fingerprint density at radius 2 is 2.00 bits per heavy atom. The maximum absolute atomic E-state index is 5.51. The highest BCUT2D eigenvalue weighted by molar-refractivity contribution is 5.54. The summed E-state index contributed by atoms with van der Waals surface area (Å²) in [4.78, 5) is 2.41. The molecule has 1 fully saturated rings. The monoisotopic (exact) mass is 233 g/mol. The van der Waals surface area contributed by atoms with Crippen molar-refractivity contribution >= 4 is 5.69 Å². The van der Waals surface area contributed by atoms with Crippen molar-refractivity contribution in [3.63, 3.8) is 0 Å². The number of hydrogen-bond acceptors (Lipinski definition) is 2. The van der Waals surface area contributed by atoms with Crippen molar-refractivity contribution in [3.8, 4) is 0 Å². The molecule has 0 bridgehead atoms. The van der Waals surface area contributed by atoms with E-state index in [2.05, 4.69) is 37.1 Å². The molecular weight excluding hydrogens is 212 g/mol. The highest BCUT2D eigenvalue weighted by Gasteiger charge is 2.36. The van der Waals surface area contributed by atoms with Crippen LogP contribution in [-0.2, 0) is 11.3 Å². The average Bonchev–Trinajstić information content (AvgIpc) is 2.29. The molecule has 0 saturated carbocycles. The lowest BCUT2D eigenvalue weighted by Crippen LogP contribution is -2.60. The minimum atomic E-state index is 0.912. The average molecular weight is 233 g/mol. The maximum Gasteiger partial charge on any atom is 0.154 e. The maximum atomic E-state index is 5.51. The summed E-state index contributed by atoms with van der Waals surface area (Å²) in [5, 5.41) is 0. The first-order valence-electron chi connectivity index (χ1n) is 6.42. The smallest absolute Gasteiger partial charge is 0.154 e. The van der Waals surface area contributed by atoms with E-state index in [1.54, 1.807) is 0 Å². The van der Waals surface area contributed by atoms with Crippen molar-refractivity contribution < 1.29 is 9.22 Å². The Labute approximate surface area is 103 Å². The van der Waals surface area contributed by atoms with Gasteiger partial charge in [0, 0.05) is 18.3 Å². The van der Waals surface area contributed by atoms with Gasteiger partial charge in [0.05, 0.1) is 13.2 Å². The first-order valence-corrected chi connectivity index (χ1v) is 6.42. The number of morpholine rings is 1. The van der Waals surface area contributed by atoms with Crippen LogP contribution < -0.4 is 4.90 Å². The van der Waals surface area contributed by atoms with Crippen molar-refractivity contribution in [3.05, 3.63) is 29.3 Å². The normalized spacial score (nSPS) is 22.6. The summed E-state index contributed by atoms with van der Waals surface area (Å²) >= 11 is 0. The second-order valence-electron chi connectivity index (χ2n) is 5.53. The van der Waals surface area contributed by atoms with Crippen molar-refractivity contribution in [2.75, 3.05) is 44.9 Å². The minimum absolute atomic E-state index is 0.912. The number of ether oxygens (including phenoxy) is 1. The van der Waals surface area contributed by atoms with Crippen LogP contribution >= 0.6 is 0 Å². The topological polar surface area (TPSA) is 12.5 Å². The summed E-state index contributed by atoms with van der Waals surface area (Å²) in [5.41, 5.74) is 4.27. The fourth-order valence-corrected chi connectivity index (χ4v) is 3.18. The van der Waals surface area contributed by atoms with Gasteiger partial charge in [0.1, 0.15) is 19.6 Å². The van der Waals surface area contributed by atoms with Gasteiger partial charge in [0.2, 0.25) is 0 Å². The predicted octanol–water partition coefficient (Wildman–Crippen LogP) is 1.75. The van der Waals surface area contributed by atoms with Crippen LogP contribution in [0.3, 0.4) is 0 Å².